The van der Waals surface area contributed by atoms with Crippen LogP contribution in [-0.4, -0.2) is 62.2 Å². The van der Waals surface area contributed by atoms with Gasteiger partial charge in [-0.3, -0.25) is 4.90 Å². The fraction of sp³-hybridized carbons (Fsp3) is 0.846. The summed E-state index contributed by atoms with van der Waals surface area (Å²) in [6, 6.07) is 1.37. The number of piperidine rings is 1. The molecular formula is C13H27N3. The van der Waals surface area contributed by atoms with Gasteiger partial charge >= 0.3 is 0 Å². The van der Waals surface area contributed by atoms with Gasteiger partial charge in [-0.2, -0.15) is 0 Å². The van der Waals surface area contributed by atoms with Crippen molar-refractivity contribution < 1.29 is 0 Å². The molecule has 94 valence electrons. The SMILES string of the molecule is C=CCNCC(C)N(C)C1CCN(C)CC1. The molecule has 1 aliphatic rings. The number of likely N-dealkylation sites (tertiary alicyclic amines) is 1. The second-order valence-electron chi connectivity index (χ2n) is 5.00. The number of likely N-dealkylation sites (N-methyl/N-ethyl adjacent to an activating group) is 1. The Bertz CT molecular complexity index is 197. The predicted molar refractivity (Wildman–Crippen MR) is 70.8 cm³/mol. The monoisotopic (exact) mass is 225 g/mol. The highest BCUT2D eigenvalue weighted by Crippen LogP contribution is 2.15. The van der Waals surface area contributed by atoms with Crippen LogP contribution in [-0.2, 0) is 0 Å². The van der Waals surface area contributed by atoms with E-state index >= 15 is 0 Å². The van der Waals surface area contributed by atoms with Crippen LogP contribution in [0, 0.1) is 0 Å². The zero-order valence-corrected chi connectivity index (χ0v) is 11.1. The lowest BCUT2D eigenvalue weighted by Gasteiger charge is -2.38. The van der Waals surface area contributed by atoms with E-state index in [9.17, 15) is 0 Å². The average Bonchev–Trinajstić information content (AvgIpc) is 2.29. The molecule has 1 fully saturated rings. The summed E-state index contributed by atoms with van der Waals surface area (Å²) in [4.78, 5) is 4.95. The van der Waals surface area contributed by atoms with Crippen molar-refractivity contribution >= 4 is 0 Å². The van der Waals surface area contributed by atoms with E-state index in [2.05, 4.69) is 42.7 Å². The first-order chi connectivity index (χ1) is 7.65. The van der Waals surface area contributed by atoms with E-state index in [4.69, 9.17) is 0 Å². The minimum absolute atomic E-state index is 0.605. The van der Waals surface area contributed by atoms with E-state index in [1.807, 2.05) is 6.08 Å². The highest BCUT2D eigenvalue weighted by molar-refractivity contribution is 4.81. The van der Waals surface area contributed by atoms with Gasteiger partial charge in [0.25, 0.3) is 0 Å². The topological polar surface area (TPSA) is 18.5 Å². The van der Waals surface area contributed by atoms with Gasteiger partial charge in [0.05, 0.1) is 0 Å². The molecule has 0 aliphatic carbocycles. The molecule has 1 saturated heterocycles. The summed E-state index contributed by atoms with van der Waals surface area (Å²) in [6.45, 7) is 10.5. The normalized spacial score (nSPS) is 21.2. The Morgan fingerprint density at radius 2 is 2.12 bits per heavy atom. The molecule has 0 aromatic heterocycles. The quantitative estimate of drug-likeness (QED) is 0.541. The first-order valence-electron chi connectivity index (χ1n) is 6.37. The van der Waals surface area contributed by atoms with E-state index in [1.54, 1.807) is 0 Å². The molecule has 0 bridgehead atoms. The highest BCUT2D eigenvalue weighted by Gasteiger charge is 2.23. The molecule has 0 aromatic carbocycles. The zero-order valence-electron chi connectivity index (χ0n) is 11.1. The van der Waals surface area contributed by atoms with Crippen molar-refractivity contribution in [2.45, 2.75) is 31.8 Å². The molecule has 0 aromatic rings. The fourth-order valence-electron chi connectivity index (χ4n) is 2.30. The maximum absolute atomic E-state index is 3.72. The Kier molecular flexibility index (Phi) is 6.03. The molecule has 3 nitrogen and oxygen atoms in total. The molecule has 1 N–H and O–H groups in total. The van der Waals surface area contributed by atoms with Crippen LogP contribution in [0.3, 0.4) is 0 Å². The third kappa shape index (κ3) is 4.24. The summed E-state index contributed by atoms with van der Waals surface area (Å²) < 4.78 is 0. The maximum atomic E-state index is 3.72. The third-order valence-electron chi connectivity index (χ3n) is 3.69. The van der Waals surface area contributed by atoms with Crippen molar-refractivity contribution in [2.75, 3.05) is 40.3 Å². The van der Waals surface area contributed by atoms with Crippen molar-refractivity contribution in [3.05, 3.63) is 12.7 Å². The second kappa shape index (κ2) is 7.05. The molecule has 0 spiro atoms. The van der Waals surface area contributed by atoms with Crippen LogP contribution < -0.4 is 5.32 Å². The number of nitrogens with zero attached hydrogens (tertiary/aromatic N) is 2. The third-order valence-corrected chi connectivity index (χ3v) is 3.69. The number of hydrogen-bond acceptors (Lipinski definition) is 3. The van der Waals surface area contributed by atoms with Crippen molar-refractivity contribution in [2.24, 2.45) is 0 Å². The molecule has 1 unspecified atom stereocenters. The summed E-state index contributed by atoms with van der Waals surface area (Å²) >= 11 is 0. The first kappa shape index (κ1) is 13.7. The predicted octanol–water partition coefficient (Wildman–Crippen LogP) is 1.18. The molecule has 0 saturated carbocycles. The second-order valence-corrected chi connectivity index (χ2v) is 5.00. The first-order valence-corrected chi connectivity index (χ1v) is 6.37. The van der Waals surface area contributed by atoms with Gasteiger partial charge in [0, 0.05) is 25.2 Å². The summed E-state index contributed by atoms with van der Waals surface area (Å²) in [5.74, 6) is 0. The Hall–Kier alpha value is -0.380. The summed E-state index contributed by atoms with van der Waals surface area (Å²) in [5.41, 5.74) is 0. The van der Waals surface area contributed by atoms with Crippen LogP contribution in [0.1, 0.15) is 19.8 Å². The van der Waals surface area contributed by atoms with Crippen molar-refractivity contribution in [3.8, 4) is 0 Å². The standard InChI is InChI=1S/C13H27N3/c1-5-8-14-11-12(2)16(4)13-6-9-15(3)10-7-13/h5,12-14H,1,6-11H2,2-4H3. The molecular weight excluding hydrogens is 198 g/mol. The van der Waals surface area contributed by atoms with Crippen molar-refractivity contribution in [1.29, 1.82) is 0 Å². The van der Waals surface area contributed by atoms with E-state index in [1.165, 1.54) is 25.9 Å². The highest BCUT2D eigenvalue weighted by atomic mass is 15.2. The lowest BCUT2D eigenvalue weighted by molar-refractivity contribution is 0.113. The fourth-order valence-corrected chi connectivity index (χ4v) is 2.30. The van der Waals surface area contributed by atoms with Gasteiger partial charge in [-0.15, -0.1) is 6.58 Å². The van der Waals surface area contributed by atoms with Gasteiger partial charge < -0.3 is 10.2 Å². The van der Waals surface area contributed by atoms with Gasteiger partial charge in [0.15, 0.2) is 0 Å². The molecule has 16 heavy (non-hydrogen) atoms. The average molecular weight is 225 g/mol. The van der Waals surface area contributed by atoms with Gasteiger partial charge in [-0.05, 0) is 47.0 Å². The van der Waals surface area contributed by atoms with E-state index in [0.29, 0.717) is 6.04 Å². The van der Waals surface area contributed by atoms with Gasteiger partial charge in [0.1, 0.15) is 0 Å². The zero-order chi connectivity index (χ0) is 12.0. The van der Waals surface area contributed by atoms with Crippen molar-refractivity contribution in [3.63, 3.8) is 0 Å². The van der Waals surface area contributed by atoms with E-state index in [0.717, 1.165) is 19.1 Å². The van der Waals surface area contributed by atoms with Crippen LogP contribution in [0.25, 0.3) is 0 Å². The van der Waals surface area contributed by atoms with Crippen LogP contribution in [0.15, 0.2) is 12.7 Å². The van der Waals surface area contributed by atoms with Crippen LogP contribution in [0.5, 0.6) is 0 Å². The largest absolute Gasteiger partial charge is 0.312 e. The van der Waals surface area contributed by atoms with Gasteiger partial charge in [-0.1, -0.05) is 6.08 Å². The van der Waals surface area contributed by atoms with Crippen LogP contribution in [0.2, 0.25) is 0 Å². The van der Waals surface area contributed by atoms with Gasteiger partial charge in [0.2, 0.25) is 0 Å². The Morgan fingerprint density at radius 3 is 2.69 bits per heavy atom. The summed E-state index contributed by atoms with van der Waals surface area (Å²) in [6.07, 6.45) is 4.53. The maximum Gasteiger partial charge on any atom is 0.0192 e. The Balaban J connectivity index is 2.26. The molecule has 0 radical (unpaired) electrons. The number of nitrogens with one attached hydrogen (secondary N) is 1. The molecule has 1 atom stereocenters. The lowest BCUT2D eigenvalue weighted by atomic mass is 10.0. The van der Waals surface area contributed by atoms with Crippen LogP contribution >= 0.6 is 0 Å². The Morgan fingerprint density at radius 1 is 1.50 bits per heavy atom. The van der Waals surface area contributed by atoms with Crippen molar-refractivity contribution in [1.82, 2.24) is 15.1 Å². The molecule has 3 heteroatoms. The molecule has 1 rings (SSSR count). The van der Waals surface area contributed by atoms with Crippen LogP contribution in [0.4, 0.5) is 0 Å². The summed E-state index contributed by atoms with van der Waals surface area (Å²) in [7, 11) is 4.47. The minimum atomic E-state index is 0.605. The lowest BCUT2D eigenvalue weighted by Crippen LogP contribution is -2.48. The van der Waals surface area contributed by atoms with Gasteiger partial charge in [-0.25, -0.2) is 0 Å². The summed E-state index contributed by atoms with van der Waals surface area (Å²) in [5, 5.41) is 3.39. The Labute approximate surface area is 100 Å². The molecule has 1 heterocycles. The number of rotatable bonds is 6. The molecule has 1 aliphatic heterocycles. The number of hydrogen-bond donors (Lipinski definition) is 1. The van der Waals surface area contributed by atoms with E-state index in [-0.39, 0.29) is 0 Å². The minimum Gasteiger partial charge on any atom is -0.312 e. The molecule has 0 amide bonds. The smallest absolute Gasteiger partial charge is 0.0192 e. The van der Waals surface area contributed by atoms with E-state index < -0.39 is 0 Å².